The van der Waals surface area contributed by atoms with Gasteiger partial charge >= 0.3 is 5.97 Å². The van der Waals surface area contributed by atoms with E-state index in [0.29, 0.717) is 11.5 Å². The summed E-state index contributed by atoms with van der Waals surface area (Å²) < 4.78 is 6.27. The summed E-state index contributed by atoms with van der Waals surface area (Å²) in [6.45, 7) is 6.89. The Hall–Kier alpha value is -2.53. The Balaban J connectivity index is 1.76. The Labute approximate surface area is 161 Å². The van der Waals surface area contributed by atoms with Crippen LogP contribution in [0.4, 0.5) is 0 Å². The van der Waals surface area contributed by atoms with Crippen LogP contribution in [0.1, 0.15) is 56.0 Å². The molecule has 0 radical (unpaired) electrons. The van der Waals surface area contributed by atoms with Crippen LogP contribution in [0.25, 0.3) is 0 Å². The van der Waals surface area contributed by atoms with Crippen LogP contribution in [0.3, 0.4) is 0 Å². The lowest BCUT2D eigenvalue weighted by Gasteiger charge is -2.44. The van der Waals surface area contributed by atoms with Crippen molar-refractivity contribution in [2.75, 3.05) is 0 Å². The van der Waals surface area contributed by atoms with Crippen molar-refractivity contribution in [2.24, 2.45) is 16.7 Å². The predicted octanol–water partition coefficient (Wildman–Crippen LogP) is 5.48. The predicted molar refractivity (Wildman–Crippen MR) is 107 cm³/mol. The SMILES string of the molecule is CC1(C)[C@@H]2CC[C@@]1(C)[C@@](C#Cc1ccccc1)(OC(=O)c1ccccc1)C2. The van der Waals surface area contributed by atoms with Gasteiger partial charge in [0.15, 0.2) is 5.60 Å². The van der Waals surface area contributed by atoms with E-state index in [4.69, 9.17) is 4.74 Å². The fraction of sp³-hybridized carbons (Fsp3) is 0.400. The highest BCUT2D eigenvalue weighted by Crippen LogP contribution is 2.70. The van der Waals surface area contributed by atoms with Gasteiger partial charge in [0.1, 0.15) is 0 Å². The average molecular weight is 358 g/mol. The second-order valence-electron chi connectivity index (χ2n) is 8.69. The quantitative estimate of drug-likeness (QED) is 0.525. The summed E-state index contributed by atoms with van der Waals surface area (Å²) in [6, 6.07) is 19.2. The van der Waals surface area contributed by atoms with Gasteiger partial charge < -0.3 is 4.74 Å². The molecule has 0 unspecified atom stereocenters. The minimum Gasteiger partial charge on any atom is -0.442 e. The zero-order valence-corrected chi connectivity index (χ0v) is 16.3. The summed E-state index contributed by atoms with van der Waals surface area (Å²) in [4.78, 5) is 13.0. The summed E-state index contributed by atoms with van der Waals surface area (Å²) >= 11 is 0. The molecule has 3 atom stereocenters. The van der Waals surface area contributed by atoms with Crippen molar-refractivity contribution in [2.45, 2.75) is 45.6 Å². The standard InChI is InChI=1S/C25H26O2/c1-23(2)21-15-16-24(23,3)25(18-21,17-14-19-10-6-4-7-11-19)27-22(26)20-12-8-5-9-13-20/h4-13,21H,15-16,18H2,1-3H3/t21-,24-,25+/m1/s1. The van der Waals surface area contributed by atoms with Crippen LogP contribution >= 0.6 is 0 Å². The Morgan fingerprint density at radius 3 is 2.19 bits per heavy atom. The number of fused-ring (bicyclic) bond motifs is 2. The molecule has 0 N–H and O–H groups in total. The number of carbonyl (C=O) groups excluding carboxylic acids is 1. The van der Waals surface area contributed by atoms with Crippen molar-refractivity contribution in [3.05, 3.63) is 71.8 Å². The molecular formula is C25H26O2. The van der Waals surface area contributed by atoms with Crippen molar-refractivity contribution < 1.29 is 9.53 Å². The first kappa shape index (κ1) is 17.9. The van der Waals surface area contributed by atoms with Crippen LogP contribution in [0.2, 0.25) is 0 Å². The molecule has 2 aromatic rings. The van der Waals surface area contributed by atoms with Gasteiger partial charge in [0.2, 0.25) is 0 Å². The highest BCUT2D eigenvalue weighted by molar-refractivity contribution is 5.90. The summed E-state index contributed by atoms with van der Waals surface area (Å²) in [5.74, 6) is 7.00. The molecule has 0 aliphatic heterocycles. The van der Waals surface area contributed by atoms with E-state index in [9.17, 15) is 4.79 Å². The Morgan fingerprint density at radius 1 is 1.00 bits per heavy atom. The van der Waals surface area contributed by atoms with Gasteiger partial charge in [0.25, 0.3) is 0 Å². The van der Waals surface area contributed by atoms with Crippen LogP contribution in [-0.2, 0) is 4.74 Å². The Morgan fingerprint density at radius 2 is 1.63 bits per heavy atom. The molecule has 2 aliphatic carbocycles. The summed E-state index contributed by atoms with van der Waals surface area (Å²) in [5.41, 5.74) is 0.730. The van der Waals surface area contributed by atoms with Gasteiger partial charge in [-0.1, -0.05) is 63.1 Å². The molecule has 0 spiro atoms. The molecule has 2 nitrogen and oxygen atoms in total. The van der Waals surface area contributed by atoms with Crippen LogP contribution < -0.4 is 0 Å². The first-order chi connectivity index (χ1) is 12.9. The van der Waals surface area contributed by atoms with E-state index in [1.807, 2.05) is 48.5 Å². The topological polar surface area (TPSA) is 26.3 Å². The van der Waals surface area contributed by atoms with Crippen molar-refractivity contribution >= 4 is 5.97 Å². The second kappa shape index (κ2) is 6.27. The number of benzene rings is 2. The third-order valence-electron chi connectivity index (χ3n) is 7.32. The lowest BCUT2D eigenvalue weighted by atomic mass is 9.64. The second-order valence-corrected chi connectivity index (χ2v) is 8.69. The highest BCUT2D eigenvalue weighted by Gasteiger charge is 2.70. The maximum absolute atomic E-state index is 13.0. The molecule has 4 rings (SSSR count). The largest absolute Gasteiger partial charge is 0.442 e. The normalized spacial score (nSPS) is 30.4. The van der Waals surface area contributed by atoms with Crippen molar-refractivity contribution in [1.82, 2.24) is 0 Å². The first-order valence-electron chi connectivity index (χ1n) is 9.75. The minimum absolute atomic E-state index is 0.0926. The van der Waals surface area contributed by atoms with E-state index in [-0.39, 0.29) is 16.8 Å². The van der Waals surface area contributed by atoms with E-state index in [1.165, 1.54) is 6.42 Å². The third-order valence-corrected chi connectivity index (χ3v) is 7.32. The first-order valence-corrected chi connectivity index (χ1v) is 9.75. The fourth-order valence-electron chi connectivity index (χ4n) is 5.10. The smallest absolute Gasteiger partial charge is 0.339 e. The Bertz CT molecular complexity index is 904. The monoisotopic (exact) mass is 358 g/mol. The van der Waals surface area contributed by atoms with Gasteiger partial charge in [-0.15, -0.1) is 0 Å². The van der Waals surface area contributed by atoms with E-state index < -0.39 is 5.60 Å². The van der Waals surface area contributed by atoms with Gasteiger partial charge in [0, 0.05) is 17.4 Å². The minimum atomic E-state index is -0.748. The number of rotatable bonds is 2. The van der Waals surface area contributed by atoms with Crippen LogP contribution in [0.5, 0.6) is 0 Å². The van der Waals surface area contributed by atoms with Crippen LogP contribution in [-0.4, -0.2) is 11.6 Å². The zero-order chi connectivity index (χ0) is 19.1. The molecule has 2 bridgehead atoms. The molecule has 2 heteroatoms. The van der Waals surface area contributed by atoms with Gasteiger partial charge in [-0.2, -0.15) is 0 Å². The van der Waals surface area contributed by atoms with Gasteiger partial charge in [-0.3, -0.25) is 0 Å². The summed E-state index contributed by atoms with van der Waals surface area (Å²) in [5, 5.41) is 0. The molecule has 138 valence electrons. The molecular weight excluding hydrogens is 332 g/mol. The fourth-order valence-corrected chi connectivity index (χ4v) is 5.10. The zero-order valence-electron chi connectivity index (χ0n) is 16.3. The van der Waals surface area contributed by atoms with E-state index in [0.717, 1.165) is 18.4 Å². The number of esters is 1. The van der Waals surface area contributed by atoms with Crippen LogP contribution in [0, 0.1) is 28.6 Å². The molecule has 2 aromatic carbocycles. The maximum atomic E-state index is 13.0. The molecule has 2 aliphatic rings. The molecule has 27 heavy (non-hydrogen) atoms. The van der Waals surface area contributed by atoms with Crippen molar-refractivity contribution in [1.29, 1.82) is 0 Å². The van der Waals surface area contributed by atoms with Crippen LogP contribution in [0.15, 0.2) is 60.7 Å². The van der Waals surface area contributed by atoms with E-state index in [1.54, 1.807) is 12.1 Å². The van der Waals surface area contributed by atoms with E-state index in [2.05, 4.69) is 32.6 Å². The van der Waals surface area contributed by atoms with Crippen molar-refractivity contribution in [3.63, 3.8) is 0 Å². The van der Waals surface area contributed by atoms with Gasteiger partial charge in [-0.05, 0) is 54.4 Å². The molecule has 0 aromatic heterocycles. The summed E-state index contributed by atoms with van der Waals surface area (Å²) in [6.07, 6.45) is 3.03. The van der Waals surface area contributed by atoms with Gasteiger partial charge in [0.05, 0.1) is 5.56 Å². The molecule has 2 saturated carbocycles. The summed E-state index contributed by atoms with van der Waals surface area (Å²) in [7, 11) is 0. The van der Waals surface area contributed by atoms with E-state index >= 15 is 0 Å². The molecule has 0 heterocycles. The number of hydrogen-bond acceptors (Lipinski definition) is 2. The number of carbonyl (C=O) groups is 1. The lowest BCUT2D eigenvalue weighted by Crippen LogP contribution is -2.49. The maximum Gasteiger partial charge on any atom is 0.339 e. The molecule has 2 fully saturated rings. The number of ether oxygens (including phenoxy) is 1. The molecule has 0 saturated heterocycles. The highest BCUT2D eigenvalue weighted by atomic mass is 16.6. The Kier molecular flexibility index (Phi) is 4.15. The van der Waals surface area contributed by atoms with Crippen molar-refractivity contribution in [3.8, 4) is 11.8 Å². The number of hydrogen-bond donors (Lipinski definition) is 0. The lowest BCUT2D eigenvalue weighted by molar-refractivity contribution is -0.0657. The average Bonchev–Trinajstić information content (AvgIpc) is 3.00. The van der Waals surface area contributed by atoms with Gasteiger partial charge in [-0.25, -0.2) is 4.79 Å². The molecule has 0 amide bonds. The third kappa shape index (κ3) is 2.69.